The molecule has 1 radical (unpaired) electrons. The van der Waals surface area contributed by atoms with Gasteiger partial charge in [0, 0.05) is 36.0 Å². The van der Waals surface area contributed by atoms with Crippen LogP contribution in [0.5, 0.6) is 0 Å². The second-order valence-corrected chi connectivity index (χ2v) is 32.9. The topological polar surface area (TPSA) is 25.8 Å². The number of pyridine rings is 2. The zero-order chi connectivity index (χ0) is 45.5. The van der Waals surface area contributed by atoms with Crippen LogP contribution < -0.4 is 9.58 Å². The van der Waals surface area contributed by atoms with Crippen molar-refractivity contribution in [3.05, 3.63) is 144 Å². The van der Waals surface area contributed by atoms with Crippen molar-refractivity contribution in [2.45, 2.75) is 82.3 Å². The van der Waals surface area contributed by atoms with E-state index in [0.717, 1.165) is 23.4 Å². The van der Waals surface area contributed by atoms with E-state index in [1.165, 1.54) is 40.9 Å². The standard InChI is InChI=1S/C33H32F6NSi.C14H15FGeN.Ir/c1-20-19-40-29(21-11-9-8-10-12-21)18-25(20)24-14-13-22(15-26(24)31(2,3)4)30-27(32(34,35)36)16-23(41(5,6)7)17-28(30)33(37,38)39;1-16(2,3)13-8-9-14(17-10-13)11-4-6-12(15)7-5-11;/h8-11,13-19H,1-7H3;4,6-10H,1-3H3;/q2*-1;/i1D3;;. The van der Waals surface area contributed by atoms with Crippen LogP contribution in [-0.4, -0.2) is 31.3 Å². The van der Waals surface area contributed by atoms with E-state index < -0.39 is 62.6 Å². The van der Waals surface area contributed by atoms with Gasteiger partial charge in [-0.05, 0) is 51.8 Å². The predicted molar refractivity (Wildman–Crippen MR) is 227 cm³/mol. The summed E-state index contributed by atoms with van der Waals surface area (Å²) in [5.74, 6) is 6.73. The number of hydrogen-bond acceptors (Lipinski definition) is 2. The van der Waals surface area contributed by atoms with Crippen LogP contribution >= 0.6 is 0 Å². The van der Waals surface area contributed by atoms with E-state index in [9.17, 15) is 30.7 Å². The molecule has 0 bridgehead atoms. The summed E-state index contributed by atoms with van der Waals surface area (Å²) in [5, 5.41) is 0.0397. The van der Waals surface area contributed by atoms with Gasteiger partial charge in [-0.1, -0.05) is 75.9 Å². The van der Waals surface area contributed by atoms with E-state index in [1.54, 1.807) is 76.8 Å². The quantitative estimate of drug-likeness (QED) is 0.0944. The zero-order valence-corrected chi connectivity index (χ0v) is 39.7. The smallest absolute Gasteiger partial charge is 0 e. The fourth-order valence-electron chi connectivity index (χ4n) is 6.33. The summed E-state index contributed by atoms with van der Waals surface area (Å²) >= 11 is -1.79. The maximum Gasteiger partial charge on any atom is 0 e. The van der Waals surface area contributed by atoms with Crippen molar-refractivity contribution < 1.29 is 55.0 Å². The van der Waals surface area contributed by atoms with Gasteiger partial charge in [0.1, 0.15) is 0 Å². The largest absolute Gasteiger partial charge is 0 e. The molecule has 0 spiro atoms. The van der Waals surface area contributed by atoms with Gasteiger partial charge >= 0.3 is 116 Å². The molecule has 2 heterocycles. The Morgan fingerprint density at radius 1 is 0.678 bits per heavy atom. The van der Waals surface area contributed by atoms with Crippen LogP contribution in [0.1, 0.15) is 47.1 Å². The monoisotopic (exact) mass is 1070 g/mol. The summed E-state index contributed by atoms with van der Waals surface area (Å²) in [7, 11) is -2.59. The van der Waals surface area contributed by atoms with Crippen LogP contribution in [0.3, 0.4) is 0 Å². The number of hydrogen-bond donors (Lipinski definition) is 0. The van der Waals surface area contributed by atoms with Gasteiger partial charge in [0.25, 0.3) is 0 Å². The molecule has 0 atom stereocenters. The van der Waals surface area contributed by atoms with Crippen molar-refractivity contribution in [3.63, 3.8) is 0 Å². The minimum Gasteiger partial charge on any atom is 0 e. The van der Waals surface area contributed by atoms with Crippen LogP contribution in [0.25, 0.3) is 44.8 Å². The Morgan fingerprint density at radius 3 is 1.78 bits per heavy atom. The second-order valence-electron chi connectivity index (χ2n) is 17.2. The van der Waals surface area contributed by atoms with Crippen molar-refractivity contribution in [1.82, 2.24) is 9.97 Å². The Labute approximate surface area is 364 Å². The first kappa shape index (κ1) is 43.2. The van der Waals surface area contributed by atoms with E-state index in [0.29, 0.717) is 22.4 Å². The average molecular weight is 1070 g/mol. The number of aromatic nitrogens is 2. The third kappa shape index (κ3) is 11.7. The Bertz CT molecular complexity index is 2460. The molecule has 0 aliphatic heterocycles. The molecule has 0 saturated carbocycles. The molecule has 0 aliphatic rings. The van der Waals surface area contributed by atoms with E-state index >= 15 is 0 Å². The molecule has 2 aromatic heterocycles. The number of rotatable bonds is 6. The summed E-state index contributed by atoms with van der Waals surface area (Å²) in [6, 6.07) is 28.7. The molecule has 0 fully saturated rings. The molecule has 0 saturated heterocycles. The Balaban J connectivity index is 0.000000391. The van der Waals surface area contributed by atoms with E-state index in [4.69, 9.17) is 4.11 Å². The van der Waals surface area contributed by atoms with Crippen molar-refractivity contribution >= 4 is 30.9 Å². The Morgan fingerprint density at radius 2 is 1.31 bits per heavy atom. The first-order chi connectivity index (χ1) is 28.0. The van der Waals surface area contributed by atoms with Gasteiger partial charge in [-0.15, -0.1) is 35.9 Å². The normalized spacial score (nSPS) is 13.3. The molecule has 0 aliphatic carbocycles. The van der Waals surface area contributed by atoms with Gasteiger partial charge in [-0.2, -0.15) is 26.3 Å². The SMILES string of the molecule is [2H]C([2H])([2H])c1cnc(-c2[c-]cccc2)cc1-c1ccc(-c2c(C(F)(F)F)cc([Si](C)(C)C)cc2C(F)(F)F)cc1C(C)(C)C.[CH3][Ge]([CH3])([CH3])[c]1ccc(-c2[c-]cc(F)cc2)nc1.[Ir]. The molecule has 6 aromatic rings. The molecule has 2 nitrogen and oxygen atoms in total. The molecule has 0 amide bonds. The molecule has 4 aromatic carbocycles. The van der Waals surface area contributed by atoms with Crippen molar-refractivity contribution in [2.24, 2.45) is 0 Å². The molecule has 313 valence electrons. The number of aryl methyl sites for hydroxylation is 1. The van der Waals surface area contributed by atoms with E-state index in [2.05, 4.69) is 45.4 Å². The fourth-order valence-corrected chi connectivity index (χ4v) is 9.66. The summed E-state index contributed by atoms with van der Waals surface area (Å²) in [4.78, 5) is 8.76. The van der Waals surface area contributed by atoms with Crippen LogP contribution in [0.2, 0.25) is 36.9 Å². The van der Waals surface area contributed by atoms with Gasteiger partial charge in [0.05, 0.1) is 19.2 Å². The second kappa shape index (κ2) is 18.0. The maximum absolute atomic E-state index is 14.5. The van der Waals surface area contributed by atoms with Gasteiger partial charge in [-0.3, -0.25) is 0 Å². The Kier molecular flexibility index (Phi) is 13.2. The third-order valence-electron chi connectivity index (χ3n) is 9.59. The molecule has 12 heteroatoms. The molecule has 6 rings (SSSR count). The fraction of sp³-hybridized carbons (Fsp3) is 0.277. The average Bonchev–Trinajstić information content (AvgIpc) is 3.16. The maximum atomic E-state index is 14.5. The van der Waals surface area contributed by atoms with Crippen molar-refractivity contribution in [3.8, 4) is 44.8 Å². The van der Waals surface area contributed by atoms with Crippen LogP contribution in [-0.2, 0) is 37.9 Å². The van der Waals surface area contributed by atoms with Gasteiger partial charge in [0.15, 0.2) is 0 Å². The summed E-state index contributed by atoms with van der Waals surface area (Å²) in [6.45, 7) is 7.76. The predicted octanol–water partition coefficient (Wildman–Crippen LogP) is 13.3. The van der Waals surface area contributed by atoms with Gasteiger partial charge < -0.3 is 4.98 Å². The third-order valence-corrected chi connectivity index (χ3v) is 15.9. The van der Waals surface area contributed by atoms with Crippen molar-refractivity contribution in [2.75, 3.05) is 0 Å². The van der Waals surface area contributed by atoms with E-state index in [1.807, 2.05) is 12.3 Å². The minimum absolute atomic E-state index is 0. The zero-order valence-electron chi connectivity index (χ0n) is 37.2. The summed E-state index contributed by atoms with van der Waals surface area (Å²) in [5.41, 5.74) is -1.14. The number of nitrogens with zero attached hydrogens (tertiary/aromatic N) is 2. The number of halogens is 7. The van der Waals surface area contributed by atoms with Crippen molar-refractivity contribution in [1.29, 1.82) is 0 Å². The van der Waals surface area contributed by atoms with Gasteiger partial charge in [0.2, 0.25) is 0 Å². The molecule has 0 N–H and O–H groups in total. The molecule has 59 heavy (non-hydrogen) atoms. The molecule has 0 unspecified atom stereocenters. The number of benzene rings is 4. The van der Waals surface area contributed by atoms with Crippen LogP contribution in [0.15, 0.2) is 103 Å². The van der Waals surface area contributed by atoms with Crippen LogP contribution in [0, 0.1) is 24.8 Å². The van der Waals surface area contributed by atoms with Crippen LogP contribution in [0.4, 0.5) is 30.7 Å². The number of alkyl halides is 6. The van der Waals surface area contributed by atoms with E-state index in [-0.39, 0.29) is 47.8 Å². The minimum atomic E-state index is -5.06. The van der Waals surface area contributed by atoms with Gasteiger partial charge in [-0.25, -0.2) is 0 Å². The molecular weight excluding hydrogens is 1020 g/mol. The first-order valence-corrected chi connectivity index (χ1v) is 29.4. The summed E-state index contributed by atoms with van der Waals surface area (Å²) in [6.07, 6.45) is -6.94. The Hall–Kier alpha value is -3.90. The first-order valence-electron chi connectivity index (χ1n) is 20.1. The summed E-state index contributed by atoms with van der Waals surface area (Å²) < 4.78 is 126. The molecular formula is C47H47F7GeIrN2Si-2.